The van der Waals surface area contributed by atoms with Crippen molar-refractivity contribution < 1.29 is 0 Å². The number of hydrogen-bond acceptors (Lipinski definition) is 5. The minimum Gasteiger partial charge on any atom is -0.375 e. The monoisotopic (exact) mass is 273 g/mol. The molecule has 0 heterocycles. The van der Waals surface area contributed by atoms with Gasteiger partial charge in [-0.15, -0.1) is 0 Å². The summed E-state index contributed by atoms with van der Waals surface area (Å²) in [6, 6.07) is 0. The lowest BCUT2D eigenvalue weighted by atomic mass is 10.0. The van der Waals surface area contributed by atoms with E-state index in [9.17, 15) is 0 Å². The zero-order valence-corrected chi connectivity index (χ0v) is 11.2. The molecule has 0 aliphatic heterocycles. The maximum atomic E-state index is 7.32. The van der Waals surface area contributed by atoms with Crippen molar-refractivity contribution in [1.82, 2.24) is 10.9 Å². The fraction of sp³-hybridized carbons (Fsp3) is 0.375. The number of nitrogens with one attached hydrogen (secondary N) is 3. The first-order chi connectivity index (χ1) is 7.88. The molecule has 0 saturated carbocycles. The zero-order valence-electron chi connectivity index (χ0n) is 9.52. The van der Waals surface area contributed by atoms with Crippen molar-refractivity contribution in [2.75, 3.05) is 0 Å². The molecule has 0 aliphatic carbocycles. The predicted octanol–water partition coefficient (Wildman–Crippen LogP) is -0.330. The molecule has 0 aromatic carbocycles. The van der Waals surface area contributed by atoms with Crippen LogP contribution in [0.15, 0.2) is 10.2 Å². The normalized spacial score (nSPS) is 13.8. The summed E-state index contributed by atoms with van der Waals surface area (Å²) in [5, 5.41) is 15.3. The van der Waals surface area contributed by atoms with Crippen LogP contribution in [0.4, 0.5) is 0 Å². The van der Waals surface area contributed by atoms with Crippen LogP contribution >= 0.6 is 24.4 Å². The average Bonchev–Trinajstić information content (AvgIpc) is 2.24. The Bertz CT molecular complexity index is 342. The first-order valence-corrected chi connectivity index (χ1v) is 5.40. The average molecular weight is 273 g/mol. The molecule has 7 N–H and O–H groups in total. The van der Waals surface area contributed by atoms with Gasteiger partial charge in [0.1, 0.15) is 0 Å². The Morgan fingerprint density at radius 3 is 1.71 bits per heavy atom. The highest BCUT2D eigenvalue weighted by Gasteiger charge is 2.13. The van der Waals surface area contributed by atoms with Gasteiger partial charge in [0.2, 0.25) is 0 Å². The standard InChI is InChI=1S/C8H15N7S2/c1-4(12-14-7(10)16)6(3-9)5(2)13-15-8(11)17/h3,6,9H,1-2H3,(H3,10,14,16)(H3,11,15,17). The molecule has 0 fully saturated rings. The zero-order chi connectivity index (χ0) is 13.4. The number of thiocarbonyl (C=S) groups is 2. The Balaban J connectivity index is 4.76. The largest absolute Gasteiger partial charge is 0.375 e. The number of hydrazone groups is 2. The lowest BCUT2D eigenvalue weighted by molar-refractivity contribution is 0.982. The maximum absolute atomic E-state index is 7.32. The summed E-state index contributed by atoms with van der Waals surface area (Å²) < 4.78 is 0. The van der Waals surface area contributed by atoms with Crippen LogP contribution in [0.2, 0.25) is 0 Å². The van der Waals surface area contributed by atoms with E-state index < -0.39 is 0 Å². The quantitative estimate of drug-likeness (QED) is 0.265. The van der Waals surface area contributed by atoms with E-state index in [-0.39, 0.29) is 16.1 Å². The van der Waals surface area contributed by atoms with Crippen LogP contribution in [0.3, 0.4) is 0 Å². The highest BCUT2D eigenvalue weighted by Crippen LogP contribution is 1.99. The van der Waals surface area contributed by atoms with Gasteiger partial charge in [0.25, 0.3) is 0 Å². The molecule has 0 atom stereocenters. The maximum Gasteiger partial charge on any atom is 0.184 e. The van der Waals surface area contributed by atoms with Crippen molar-refractivity contribution >= 4 is 52.3 Å². The van der Waals surface area contributed by atoms with E-state index in [4.69, 9.17) is 16.9 Å². The van der Waals surface area contributed by atoms with Crippen LogP contribution in [-0.4, -0.2) is 27.9 Å². The van der Waals surface area contributed by atoms with E-state index in [1.165, 1.54) is 6.21 Å². The molecule has 9 heteroatoms. The fourth-order valence-corrected chi connectivity index (χ4v) is 1.06. The van der Waals surface area contributed by atoms with Gasteiger partial charge in [0.15, 0.2) is 10.2 Å². The van der Waals surface area contributed by atoms with Gasteiger partial charge in [-0.1, -0.05) is 0 Å². The van der Waals surface area contributed by atoms with Crippen LogP contribution < -0.4 is 22.3 Å². The second-order valence-corrected chi connectivity index (χ2v) is 3.98. The predicted molar refractivity (Wildman–Crippen MR) is 78.3 cm³/mol. The van der Waals surface area contributed by atoms with E-state index in [0.717, 1.165) is 0 Å². The van der Waals surface area contributed by atoms with E-state index in [2.05, 4.69) is 45.5 Å². The summed E-state index contributed by atoms with van der Waals surface area (Å²) in [5.41, 5.74) is 16.6. The second-order valence-electron chi connectivity index (χ2n) is 3.10. The van der Waals surface area contributed by atoms with Crippen LogP contribution in [0.1, 0.15) is 13.8 Å². The van der Waals surface area contributed by atoms with Crippen molar-refractivity contribution in [1.29, 1.82) is 5.41 Å². The van der Waals surface area contributed by atoms with Crippen molar-refractivity contribution in [3.8, 4) is 0 Å². The lowest BCUT2D eigenvalue weighted by Gasteiger charge is -2.11. The summed E-state index contributed by atoms with van der Waals surface area (Å²) in [4.78, 5) is 0. The topological polar surface area (TPSA) is 125 Å². The molecule has 0 aliphatic rings. The summed E-state index contributed by atoms with van der Waals surface area (Å²) in [7, 11) is 0. The van der Waals surface area contributed by atoms with Crippen molar-refractivity contribution in [3.05, 3.63) is 0 Å². The van der Waals surface area contributed by atoms with Gasteiger partial charge >= 0.3 is 0 Å². The Labute approximate surface area is 110 Å². The minimum absolute atomic E-state index is 0.0592. The van der Waals surface area contributed by atoms with Gasteiger partial charge in [0.05, 0.1) is 5.92 Å². The molecule has 0 rings (SSSR count). The van der Waals surface area contributed by atoms with Gasteiger partial charge in [-0.25, -0.2) is 0 Å². The molecule has 0 spiro atoms. The molecule has 0 radical (unpaired) electrons. The highest BCUT2D eigenvalue weighted by atomic mass is 32.1. The van der Waals surface area contributed by atoms with E-state index in [0.29, 0.717) is 11.4 Å². The van der Waals surface area contributed by atoms with Gasteiger partial charge in [-0.2, -0.15) is 10.2 Å². The van der Waals surface area contributed by atoms with Gasteiger partial charge in [0, 0.05) is 17.6 Å². The molecule has 7 nitrogen and oxygen atoms in total. The van der Waals surface area contributed by atoms with Crippen molar-refractivity contribution in [2.45, 2.75) is 13.8 Å². The Hall–Kier alpha value is -1.61. The van der Waals surface area contributed by atoms with E-state index in [1.807, 2.05) is 0 Å². The summed E-state index contributed by atoms with van der Waals surface area (Å²) in [6.07, 6.45) is 1.19. The smallest absolute Gasteiger partial charge is 0.184 e. The first-order valence-electron chi connectivity index (χ1n) is 4.58. The molecule has 0 unspecified atom stereocenters. The SMILES string of the molecule is CC(=NNC(N)=S)C(C=N)C(C)=NNC(N)=S. The van der Waals surface area contributed by atoms with Crippen LogP contribution in [0.25, 0.3) is 0 Å². The third-order valence-corrected chi connectivity index (χ3v) is 1.93. The fourth-order valence-electron chi connectivity index (χ4n) is 0.969. The van der Waals surface area contributed by atoms with Crippen LogP contribution in [0.5, 0.6) is 0 Å². The second kappa shape index (κ2) is 7.63. The van der Waals surface area contributed by atoms with Crippen LogP contribution in [0, 0.1) is 11.3 Å². The van der Waals surface area contributed by atoms with E-state index >= 15 is 0 Å². The van der Waals surface area contributed by atoms with Gasteiger partial charge < -0.3 is 16.9 Å². The highest BCUT2D eigenvalue weighted by molar-refractivity contribution is 7.80. The minimum atomic E-state index is -0.376. The first kappa shape index (κ1) is 15.4. The Morgan fingerprint density at radius 1 is 1.12 bits per heavy atom. The molecule has 0 amide bonds. The molecule has 0 aromatic rings. The number of nitrogens with two attached hydrogens (primary N) is 2. The van der Waals surface area contributed by atoms with Gasteiger partial charge in [-0.05, 0) is 38.3 Å². The molecular formula is C8H15N7S2. The Morgan fingerprint density at radius 2 is 1.47 bits per heavy atom. The summed E-state index contributed by atoms with van der Waals surface area (Å²) in [6.45, 7) is 3.45. The molecule has 0 aromatic heterocycles. The lowest BCUT2D eigenvalue weighted by Crippen LogP contribution is -2.31. The molecular weight excluding hydrogens is 258 g/mol. The molecule has 17 heavy (non-hydrogen) atoms. The molecule has 94 valence electrons. The number of rotatable bonds is 5. The number of nitrogens with zero attached hydrogens (tertiary/aromatic N) is 2. The van der Waals surface area contributed by atoms with Gasteiger partial charge in [-0.3, -0.25) is 10.9 Å². The van der Waals surface area contributed by atoms with Crippen molar-refractivity contribution in [3.63, 3.8) is 0 Å². The third kappa shape index (κ3) is 6.53. The van der Waals surface area contributed by atoms with Crippen LogP contribution in [-0.2, 0) is 0 Å². The van der Waals surface area contributed by atoms with Crippen molar-refractivity contribution in [2.24, 2.45) is 27.6 Å². The number of hydrogen-bond donors (Lipinski definition) is 5. The third-order valence-electron chi connectivity index (χ3n) is 1.75. The summed E-state index contributed by atoms with van der Waals surface area (Å²) >= 11 is 9.23. The van der Waals surface area contributed by atoms with E-state index in [1.54, 1.807) is 13.8 Å². The Kier molecular flexibility index (Phi) is 6.91. The molecule has 0 saturated heterocycles. The summed E-state index contributed by atoms with van der Waals surface area (Å²) in [5.74, 6) is -0.376. The molecule has 0 bridgehead atoms.